The molecule has 0 radical (unpaired) electrons. The van der Waals surface area contributed by atoms with Gasteiger partial charge in [0.2, 0.25) is 10.0 Å². The SMILES string of the molecule is CN1CCN(c2ccc(C(=O)Nc3n[nH]c4c3CN(S(=O)(=O)c3cc(F)cc(F)c3)C4(C)C)c(F)c2)CC1. The summed E-state index contributed by atoms with van der Waals surface area (Å²) in [6, 6.07) is 6.50. The number of nitrogens with one attached hydrogen (secondary N) is 2. The van der Waals surface area contributed by atoms with Crippen LogP contribution in [0.5, 0.6) is 0 Å². The molecule has 5 rings (SSSR count). The van der Waals surface area contributed by atoms with Crippen LogP contribution in [0, 0.1) is 17.5 Å². The number of nitrogens with zero attached hydrogens (tertiary/aromatic N) is 4. The molecule has 0 aliphatic carbocycles. The summed E-state index contributed by atoms with van der Waals surface area (Å²) in [4.78, 5) is 16.7. The summed E-state index contributed by atoms with van der Waals surface area (Å²) in [7, 11) is -2.30. The van der Waals surface area contributed by atoms with E-state index in [2.05, 4.69) is 20.4 Å². The smallest absolute Gasteiger partial charge is 0.259 e. The lowest BCUT2D eigenvalue weighted by atomic mass is 10.0. The highest BCUT2D eigenvalue weighted by Crippen LogP contribution is 2.44. The minimum atomic E-state index is -4.33. The van der Waals surface area contributed by atoms with Crippen LogP contribution in [-0.4, -0.2) is 67.0 Å². The zero-order valence-corrected chi connectivity index (χ0v) is 21.9. The molecule has 1 aromatic heterocycles. The largest absolute Gasteiger partial charge is 0.369 e. The number of halogens is 3. The van der Waals surface area contributed by atoms with Crippen LogP contribution in [0.4, 0.5) is 24.7 Å². The van der Waals surface area contributed by atoms with Gasteiger partial charge in [-0.1, -0.05) is 0 Å². The summed E-state index contributed by atoms with van der Waals surface area (Å²) in [6.07, 6.45) is 0. The fourth-order valence-corrected chi connectivity index (χ4v) is 6.68. The topological polar surface area (TPSA) is 102 Å². The molecule has 0 spiro atoms. The Labute approximate surface area is 218 Å². The third kappa shape index (κ3) is 4.54. The van der Waals surface area contributed by atoms with E-state index in [1.54, 1.807) is 19.9 Å². The molecule has 202 valence electrons. The van der Waals surface area contributed by atoms with Gasteiger partial charge in [-0.05, 0) is 51.2 Å². The number of hydrogen-bond donors (Lipinski definition) is 2. The minimum absolute atomic E-state index is 0.0451. The number of fused-ring (bicyclic) bond motifs is 1. The number of aromatic amines is 1. The van der Waals surface area contributed by atoms with Crippen molar-refractivity contribution >= 4 is 27.4 Å². The highest BCUT2D eigenvalue weighted by Gasteiger charge is 2.48. The third-order valence-electron chi connectivity index (χ3n) is 7.13. The molecule has 13 heteroatoms. The molecule has 1 amide bonds. The van der Waals surface area contributed by atoms with Crippen LogP contribution in [-0.2, 0) is 22.1 Å². The Morgan fingerprint density at radius 3 is 2.32 bits per heavy atom. The number of carbonyl (C=O) groups is 1. The van der Waals surface area contributed by atoms with Crippen molar-refractivity contribution in [1.29, 1.82) is 0 Å². The number of hydrogen-bond acceptors (Lipinski definition) is 6. The first-order valence-electron chi connectivity index (χ1n) is 12.0. The van der Waals surface area contributed by atoms with Gasteiger partial charge in [0.15, 0.2) is 5.82 Å². The third-order valence-corrected chi connectivity index (χ3v) is 9.12. The van der Waals surface area contributed by atoms with Crippen LogP contribution in [0.3, 0.4) is 0 Å². The number of H-pyrrole nitrogens is 1. The standard InChI is InChI=1S/C25H27F3N6O3S/c1-25(2)22-20(14-34(25)38(36,37)18-11-15(26)10-16(27)12-18)23(31-30-22)29-24(35)19-5-4-17(13-21(19)28)33-8-6-32(3)7-9-33/h4-5,10-13H,6-9,14H2,1-3H3,(H2,29,30,31,35). The molecule has 9 nitrogen and oxygen atoms in total. The van der Waals surface area contributed by atoms with Crippen molar-refractivity contribution in [1.82, 2.24) is 19.4 Å². The van der Waals surface area contributed by atoms with E-state index in [1.165, 1.54) is 12.1 Å². The van der Waals surface area contributed by atoms with Crippen molar-refractivity contribution in [2.24, 2.45) is 0 Å². The van der Waals surface area contributed by atoms with Crippen molar-refractivity contribution in [3.63, 3.8) is 0 Å². The van der Waals surface area contributed by atoms with E-state index in [9.17, 15) is 26.4 Å². The molecule has 2 aliphatic rings. The molecule has 0 saturated carbocycles. The lowest BCUT2D eigenvalue weighted by molar-refractivity contribution is 0.102. The molecule has 38 heavy (non-hydrogen) atoms. The number of piperazine rings is 1. The van der Waals surface area contributed by atoms with Gasteiger partial charge in [0, 0.05) is 50.0 Å². The predicted molar refractivity (Wildman–Crippen MR) is 135 cm³/mol. The van der Waals surface area contributed by atoms with E-state index in [0.29, 0.717) is 23.0 Å². The van der Waals surface area contributed by atoms with Crippen molar-refractivity contribution in [2.45, 2.75) is 30.8 Å². The van der Waals surface area contributed by atoms with Gasteiger partial charge in [0.25, 0.3) is 5.91 Å². The van der Waals surface area contributed by atoms with Gasteiger partial charge >= 0.3 is 0 Å². The Morgan fingerprint density at radius 2 is 1.68 bits per heavy atom. The van der Waals surface area contributed by atoms with Crippen LogP contribution in [0.1, 0.15) is 35.5 Å². The first-order chi connectivity index (χ1) is 17.9. The number of likely N-dealkylation sites (N-methyl/N-ethyl adjacent to an activating group) is 1. The van der Waals surface area contributed by atoms with E-state index < -0.39 is 43.8 Å². The summed E-state index contributed by atoms with van der Waals surface area (Å²) in [5, 5.41) is 9.44. The first-order valence-corrected chi connectivity index (χ1v) is 13.4. The predicted octanol–water partition coefficient (Wildman–Crippen LogP) is 3.27. The lowest BCUT2D eigenvalue weighted by Crippen LogP contribution is -2.44. The van der Waals surface area contributed by atoms with Crippen LogP contribution in [0.15, 0.2) is 41.3 Å². The molecule has 0 atom stereocenters. The van der Waals surface area contributed by atoms with Gasteiger partial charge in [-0.15, -0.1) is 0 Å². The summed E-state index contributed by atoms with van der Waals surface area (Å²) in [5.41, 5.74) is 0.0979. The van der Waals surface area contributed by atoms with Gasteiger partial charge in [0.05, 0.1) is 21.7 Å². The van der Waals surface area contributed by atoms with E-state index in [4.69, 9.17) is 0 Å². The summed E-state index contributed by atoms with van der Waals surface area (Å²) < 4.78 is 70.2. The van der Waals surface area contributed by atoms with Crippen LogP contribution < -0.4 is 10.2 Å². The molecule has 1 fully saturated rings. The molecular formula is C25H27F3N6O3S. The zero-order chi connectivity index (χ0) is 27.4. The van der Waals surface area contributed by atoms with E-state index in [1.807, 2.05) is 11.9 Å². The summed E-state index contributed by atoms with van der Waals surface area (Å²) in [5.74, 6) is -3.43. The molecule has 3 aromatic rings. The van der Waals surface area contributed by atoms with Gasteiger partial charge < -0.3 is 15.1 Å². The van der Waals surface area contributed by atoms with Crippen molar-refractivity contribution in [3.8, 4) is 0 Å². The highest BCUT2D eigenvalue weighted by atomic mass is 32.2. The quantitative estimate of drug-likeness (QED) is 0.508. The normalized spacial score (nSPS) is 18.0. The van der Waals surface area contributed by atoms with Crippen molar-refractivity contribution in [3.05, 3.63) is 70.7 Å². The highest BCUT2D eigenvalue weighted by molar-refractivity contribution is 7.89. The summed E-state index contributed by atoms with van der Waals surface area (Å²) >= 11 is 0. The molecule has 2 N–H and O–H groups in total. The number of sulfonamides is 1. The second-order valence-electron chi connectivity index (χ2n) is 10.0. The molecule has 3 heterocycles. The molecular weight excluding hydrogens is 521 g/mol. The minimum Gasteiger partial charge on any atom is -0.369 e. The fraction of sp³-hybridized carbons (Fsp3) is 0.360. The molecule has 0 bridgehead atoms. The van der Waals surface area contributed by atoms with Gasteiger partial charge in [-0.25, -0.2) is 21.6 Å². The number of amides is 1. The number of benzene rings is 2. The maximum absolute atomic E-state index is 15.0. The zero-order valence-electron chi connectivity index (χ0n) is 21.1. The Morgan fingerprint density at radius 1 is 1.03 bits per heavy atom. The average Bonchev–Trinajstić information content (AvgIpc) is 3.37. The number of rotatable bonds is 5. The second kappa shape index (κ2) is 9.40. The van der Waals surface area contributed by atoms with Gasteiger partial charge in [-0.2, -0.15) is 9.40 Å². The van der Waals surface area contributed by atoms with Crippen molar-refractivity contribution < 1.29 is 26.4 Å². The van der Waals surface area contributed by atoms with Gasteiger partial charge in [0.1, 0.15) is 17.5 Å². The molecule has 0 unspecified atom stereocenters. The number of carbonyl (C=O) groups excluding carboxylic acids is 1. The van der Waals surface area contributed by atoms with Crippen LogP contribution in [0.2, 0.25) is 0 Å². The van der Waals surface area contributed by atoms with E-state index in [0.717, 1.165) is 42.6 Å². The number of anilines is 2. The Bertz CT molecular complexity index is 1500. The van der Waals surface area contributed by atoms with E-state index in [-0.39, 0.29) is 17.9 Å². The average molecular weight is 549 g/mol. The second-order valence-corrected chi connectivity index (χ2v) is 11.9. The summed E-state index contributed by atoms with van der Waals surface area (Å²) in [6.45, 7) is 6.19. The Balaban J connectivity index is 1.37. The van der Waals surface area contributed by atoms with Crippen LogP contribution >= 0.6 is 0 Å². The van der Waals surface area contributed by atoms with Crippen LogP contribution in [0.25, 0.3) is 0 Å². The van der Waals surface area contributed by atoms with E-state index >= 15 is 0 Å². The molecule has 2 aromatic carbocycles. The van der Waals surface area contributed by atoms with Gasteiger partial charge in [-0.3, -0.25) is 9.89 Å². The Hall–Kier alpha value is -3.42. The number of aromatic nitrogens is 2. The Kier molecular flexibility index (Phi) is 6.48. The molecule has 1 saturated heterocycles. The molecule has 2 aliphatic heterocycles. The maximum atomic E-state index is 15.0. The lowest BCUT2D eigenvalue weighted by Gasteiger charge is -2.34. The maximum Gasteiger partial charge on any atom is 0.259 e. The van der Waals surface area contributed by atoms with Crippen molar-refractivity contribution in [2.75, 3.05) is 43.4 Å². The monoisotopic (exact) mass is 548 g/mol. The first kappa shape index (κ1) is 26.2. The fourth-order valence-electron chi connectivity index (χ4n) is 4.91.